The summed E-state index contributed by atoms with van der Waals surface area (Å²) in [5, 5.41) is 0.787. The second-order valence-electron chi connectivity index (χ2n) is 5.77. The quantitative estimate of drug-likeness (QED) is 0.237. The number of ether oxygens (including phenoxy) is 1. The van der Waals surface area contributed by atoms with Crippen LogP contribution in [0.3, 0.4) is 0 Å². The molecule has 6 heteroatoms. The summed E-state index contributed by atoms with van der Waals surface area (Å²) in [5.74, 6) is -0.0388. The second kappa shape index (κ2) is 8.70. The minimum Gasteiger partial charge on any atom is -0.422 e. The molecule has 3 aromatic rings. The Bertz CT molecular complexity index is 1030. The molecule has 0 unspecified atom stereocenters. The van der Waals surface area contributed by atoms with Crippen LogP contribution in [0.4, 0.5) is 5.69 Å². The average molecular weight is 463 g/mol. The SMILES string of the molecule is Cc1cccc(C(=O)Oc2ccc(Br)cc2C=Nc2cccc(Cl)c2Cl)c1. The highest BCUT2D eigenvalue weighted by Gasteiger charge is 2.12. The van der Waals surface area contributed by atoms with Crippen molar-refractivity contribution in [3.8, 4) is 5.75 Å². The van der Waals surface area contributed by atoms with Gasteiger partial charge < -0.3 is 4.74 Å². The number of hydrogen-bond acceptors (Lipinski definition) is 3. The Hall–Kier alpha value is -2.14. The Balaban J connectivity index is 1.90. The van der Waals surface area contributed by atoms with Crippen LogP contribution in [-0.4, -0.2) is 12.2 Å². The van der Waals surface area contributed by atoms with Crippen molar-refractivity contribution in [3.63, 3.8) is 0 Å². The van der Waals surface area contributed by atoms with Crippen LogP contribution in [0.1, 0.15) is 21.5 Å². The van der Waals surface area contributed by atoms with Gasteiger partial charge in [-0.2, -0.15) is 0 Å². The van der Waals surface area contributed by atoms with Crippen LogP contribution in [0.5, 0.6) is 5.75 Å². The monoisotopic (exact) mass is 461 g/mol. The molecule has 0 saturated heterocycles. The molecule has 3 nitrogen and oxygen atoms in total. The summed E-state index contributed by atoms with van der Waals surface area (Å²) in [5.41, 5.74) is 2.62. The van der Waals surface area contributed by atoms with Gasteiger partial charge in [-0.3, -0.25) is 4.99 Å². The zero-order chi connectivity index (χ0) is 19.4. The number of carbonyl (C=O) groups excluding carboxylic acids is 1. The molecule has 0 radical (unpaired) electrons. The fourth-order valence-electron chi connectivity index (χ4n) is 2.38. The summed E-state index contributed by atoms with van der Waals surface area (Å²) >= 11 is 15.6. The van der Waals surface area contributed by atoms with Gasteiger partial charge in [0.25, 0.3) is 0 Å². The molecule has 0 aromatic heterocycles. The lowest BCUT2D eigenvalue weighted by molar-refractivity contribution is 0.0734. The molecule has 0 aliphatic rings. The lowest BCUT2D eigenvalue weighted by atomic mass is 10.1. The predicted octanol–water partition coefficient (Wildman–Crippen LogP) is 7.03. The van der Waals surface area contributed by atoms with Gasteiger partial charge >= 0.3 is 5.97 Å². The van der Waals surface area contributed by atoms with Crippen LogP contribution < -0.4 is 4.74 Å². The van der Waals surface area contributed by atoms with Crippen LogP contribution in [0.15, 0.2) is 70.1 Å². The first-order chi connectivity index (χ1) is 12.9. The van der Waals surface area contributed by atoms with Crippen LogP contribution in [0, 0.1) is 6.92 Å². The molecule has 0 aliphatic carbocycles. The summed E-state index contributed by atoms with van der Waals surface area (Å²) in [4.78, 5) is 16.8. The zero-order valence-corrected chi connectivity index (χ0v) is 17.3. The maximum absolute atomic E-state index is 12.5. The minimum atomic E-state index is -0.434. The number of carbonyl (C=O) groups is 1. The molecule has 0 saturated carbocycles. The third kappa shape index (κ3) is 4.98. The Labute approximate surface area is 175 Å². The van der Waals surface area contributed by atoms with Gasteiger partial charge in [0.1, 0.15) is 5.75 Å². The van der Waals surface area contributed by atoms with Crippen molar-refractivity contribution in [1.82, 2.24) is 0 Å². The van der Waals surface area contributed by atoms with Crippen LogP contribution in [-0.2, 0) is 0 Å². The van der Waals surface area contributed by atoms with Gasteiger partial charge in [0.2, 0.25) is 0 Å². The summed E-state index contributed by atoms with van der Waals surface area (Å²) in [7, 11) is 0. The Morgan fingerprint density at radius 2 is 1.85 bits per heavy atom. The number of benzene rings is 3. The van der Waals surface area contributed by atoms with E-state index in [1.807, 2.05) is 19.1 Å². The average Bonchev–Trinajstić information content (AvgIpc) is 2.64. The Morgan fingerprint density at radius 3 is 2.63 bits per heavy atom. The Kier molecular flexibility index (Phi) is 6.32. The van der Waals surface area contributed by atoms with Gasteiger partial charge in [-0.15, -0.1) is 0 Å². The van der Waals surface area contributed by atoms with Crippen molar-refractivity contribution in [2.45, 2.75) is 6.92 Å². The molecular weight excluding hydrogens is 449 g/mol. The molecule has 0 spiro atoms. The number of aliphatic imine (C=N–C) groups is 1. The van der Waals surface area contributed by atoms with Gasteiger partial charge in [0.15, 0.2) is 0 Å². The van der Waals surface area contributed by atoms with Crippen LogP contribution in [0.25, 0.3) is 0 Å². The number of aryl methyl sites for hydroxylation is 1. The number of rotatable bonds is 4. The number of esters is 1. The van der Waals surface area contributed by atoms with E-state index in [0.717, 1.165) is 10.0 Å². The third-order valence-electron chi connectivity index (χ3n) is 3.70. The van der Waals surface area contributed by atoms with Gasteiger partial charge in [0, 0.05) is 16.3 Å². The molecule has 136 valence electrons. The predicted molar refractivity (Wildman–Crippen MR) is 114 cm³/mol. The van der Waals surface area contributed by atoms with Crippen molar-refractivity contribution in [2.75, 3.05) is 0 Å². The van der Waals surface area contributed by atoms with E-state index in [4.69, 9.17) is 27.9 Å². The van der Waals surface area contributed by atoms with Crippen LogP contribution in [0.2, 0.25) is 10.0 Å². The highest BCUT2D eigenvalue weighted by Crippen LogP contribution is 2.32. The van der Waals surface area contributed by atoms with E-state index in [1.165, 1.54) is 0 Å². The molecule has 0 N–H and O–H groups in total. The fraction of sp³-hybridized carbons (Fsp3) is 0.0476. The molecule has 0 heterocycles. The van der Waals surface area contributed by atoms with E-state index in [9.17, 15) is 4.79 Å². The Morgan fingerprint density at radius 1 is 1.07 bits per heavy atom. The largest absolute Gasteiger partial charge is 0.422 e. The summed E-state index contributed by atoms with van der Waals surface area (Å²) in [6, 6.07) is 17.7. The van der Waals surface area contributed by atoms with Crippen molar-refractivity contribution in [1.29, 1.82) is 0 Å². The summed E-state index contributed by atoms with van der Waals surface area (Å²) in [6.07, 6.45) is 1.58. The van der Waals surface area contributed by atoms with Crippen molar-refractivity contribution >= 4 is 57.0 Å². The van der Waals surface area contributed by atoms with Crippen molar-refractivity contribution < 1.29 is 9.53 Å². The van der Waals surface area contributed by atoms with Crippen LogP contribution >= 0.6 is 39.1 Å². The van der Waals surface area contributed by atoms with Crippen molar-refractivity contribution in [2.24, 2.45) is 4.99 Å². The third-order valence-corrected chi connectivity index (χ3v) is 5.00. The molecule has 0 aliphatic heterocycles. The molecule has 0 atom stereocenters. The topological polar surface area (TPSA) is 38.7 Å². The van der Waals surface area contributed by atoms with Crippen molar-refractivity contribution in [3.05, 3.63) is 91.9 Å². The lowest BCUT2D eigenvalue weighted by Gasteiger charge is -2.09. The molecule has 3 aromatic carbocycles. The second-order valence-corrected chi connectivity index (χ2v) is 7.47. The van der Waals surface area contributed by atoms with E-state index in [1.54, 1.807) is 54.7 Å². The molecule has 0 bridgehead atoms. The first kappa shape index (κ1) is 19.6. The summed E-state index contributed by atoms with van der Waals surface area (Å²) in [6.45, 7) is 1.92. The number of nitrogens with zero attached hydrogens (tertiary/aromatic N) is 1. The van der Waals surface area contributed by atoms with Gasteiger partial charge in [0.05, 0.1) is 21.3 Å². The standard InChI is InChI=1S/C21H14BrCl2NO2/c1-13-4-2-5-14(10-13)21(26)27-19-9-8-16(22)11-15(19)12-25-18-7-3-6-17(23)20(18)24/h2-12H,1H3. The smallest absolute Gasteiger partial charge is 0.343 e. The van der Waals surface area contributed by atoms with Gasteiger partial charge in [-0.1, -0.05) is 62.9 Å². The fourth-order valence-corrected chi connectivity index (χ4v) is 3.10. The zero-order valence-electron chi connectivity index (χ0n) is 14.2. The molecule has 0 fully saturated rings. The highest BCUT2D eigenvalue weighted by molar-refractivity contribution is 9.10. The number of hydrogen-bond donors (Lipinski definition) is 0. The van der Waals surface area contributed by atoms with Gasteiger partial charge in [-0.25, -0.2) is 4.79 Å². The maximum atomic E-state index is 12.5. The highest BCUT2D eigenvalue weighted by atomic mass is 79.9. The van der Waals surface area contributed by atoms with E-state index in [-0.39, 0.29) is 0 Å². The van der Waals surface area contributed by atoms with E-state index < -0.39 is 5.97 Å². The first-order valence-corrected chi connectivity index (χ1v) is 9.55. The maximum Gasteiger partial charge on any atom is 0.343 e. The first-order valence-electron chi connectivity index (χ1n) is 8.00. The van der Waals surface area contributed by atoms with E-state index in [0.29, 0.717) is 32.6 Å². The van der Waals surface area contributed by atoms with E-state index >= 15 is 0 Å². The molecule has 27 heavy (non-hydrogen) atoms. The van der Waals surface area contributed by atoms with Gasteiger partial charge in [-0.05, 0) is 49.4 Å². The molecule has 3 rings (SSSR count). The minimum absolute atomic E-state index is 0.365. The molecular formula is C21H14BrCl2NO2. The number of halogens is 3. The molecule has 0 amide bonds. The van der Waals surface area contributed by atoms with E-state index in [2.05, 4.69) is 20.9 Å². The normalized spacial score (nSPS) is 11.0. The summed E-state index contributed by atoms with van der Waals surface area (Å²) < 4.78 is 6.40. The lowest BCUT2D eigenvalue weighted by Crippen LogP contribution is -2.10.